The van der Waals surface area contributed by atoms with Gasteiger partial charge in [0.2, 0.25) is 0 Å². The van der Waals surface area contributed by atoms with Crippen LogP contribution in [0.25, 0.3) is 0 Å². The van der Waals surface area contributed by atoms with E-state index in [0.717, 1.165) is 41.9 Å². The third-order valence-electron chi connectivity index (χ3n) is 11.0. The Morgan fingerprint density at radius 2 is 1.77 bits per heavy atom. The van der Waals surface area contributed by atoms with Gasteiger partial charge in [-0.1, -0.05) is 65.5 Å². The standard InChI is InChI=1S/C30H52O2S3/c1-21(2)8-7-9-22(3)26-12-13-27-25-11-10-23-20-24(31-18-19-32-35(6,33)34)14-16-29(23,4)28(25)15-17-30(26,27)5/h10,21-22,24-28H,7-9,11-20H2,1-6H3. The summed E-state index contributed by atoms with van der Waals surface area (Å²) in [5.41, 5.74) is 2.68. The highest BCUT2D eigenvalue weighted by molar-refractivity contribution is 8.53. The predicted octanol–water partition coefficient (Wildman–Crippen LogP) is 8.05. The Bertz CT molecular complexity index is 865. The first-order valence-electron chi connectivity index (χ1n) is 14.6. The van der Waals surface area contributed by atoms with Gasteiger partial charge in [-0.15, -0.1) is 0 Å². The van der Waals surface area contributed by atoms with Gasteiger partial charge < -0.3 is 8.92 Å². The van der Waals surface area contributed by atoms with Gasteiger partial charge >= 0.3 is 0 Å². The Balaban J connectivity index is 1.38. The Hall–Kier alpha value is 0.450. The SMILES string of the molecule is CC(C)CCCC(C)C1CCC2C3CC=C4CC(OCCOS(C)(=S)=S)CCC4(C)C3CCC12C. The van der Waals surface area contributed by atoms with Crippen LogP contribution in [0.1, 0.15) is 105 Å². The van der Waals surface area contributed by atoms with Gasteiger partial charge in [-0.2, -0.15) is 0 Å². The third-order valence-corrected chi connectivity index (χ3v) is 12.2. The van der Waals surface area contributed by atoms with E-state index < -0.39 is 7.43 Å². The maximum atomic E-state index is 6.24. The summed E-state index contributed by atoms with van der Waals surface area (Å²) in [7, 11) is -1.72. The Morgan fingerprint density at radius 3 is 2.49 bits per heavy atom. The fourth-order valence-corrected chi connectivity index (χ4v) is 9.97. The largest absolute Gasteiger partial charge is 0.375 e. The van der Waals surface area contributed by atoms with E-state index in [9.17, 15) is 0 Å². The van der Waals surface area contributed by atoms with Crippen molar-refractivity contribution < 1.29 is 8.92 Å². The normalized spacial score (nSPS) is 40.1. The van der Waals surface area contributed by atoms with Crippen LogP contribution in [0.5, 0.6) is 0 Å². The molecule has 0 radical (unpaired) electrons. The first-order chi connectivity index (χ1) is 16.4. The van der Waals surface area contributed by atoms with Crippen LogP contribution in [0.2, 0.25) is 0 Å². The van der Waals surface area contributed by atoms with Crippen molar-refractivity contribution in [1.29, 1.82) is 0 Å². The molecule has 0 aromatic rings. The van der Waals surface area contributed by atoms with E-state index in [1.54, 1.807) is 5.57 Å². The molecule has 8 unspecified atom stereocenters. The molecule has 8 atom stereocenters. The fourth-order valence-electron chi connectivity index (χ4n) is 9.19. The lowest BCUT2D eigenvalue weighted by Gasteiger charge is -2.58. The molecule has 0 aromatic heterocycles. The lowest BCUT2D eigenvalue weighted by molar-refractivity contribution is -0.0651. The minimum absolute atomic E-state index is 0.336. The van der Waals surface area contributed by atoms with Gasteiger partial charge in [0.1, 0.15) is 0 Å². The Morgan fingerprint density at radius 1 is 1.00 bits per heavy atom. The summed E-state index contributed by atoms with van der Waals surface area (Å²) in [4.78, 5) is 0. The first-order valence-corrected chi connectivity index (χ1v) is 18.4. The molecule has 5 heteroatoms. The van der Waals surface area contributed by atoms with Crippen LogP contribution in [-0.4, -0.2) is 25.6 Å². The summed E-state index contributed by atoms with van der Waals surface area (Å²) in [5.74, 6) is 5.40. The maximum Gasteiger partial charge on any atom is 0.0854 e. The van der Waals surface area contributed by atoms with E-state index in [4.69, 9.17) is 31.3 Å². The van der Waals surface area contributed by atoms with Crippen LogP contribution in [-0.2, 0) is 38.7 Å². The number of fused-ring (bicyclic) bond motifs is 5. The van der Waals surface area contributed by atoms with Crippen LogP contribution >= 0.6 is 0 Å². The molecule has 0 aromatic carbocycles. The van der Waals surface area contributed by atoms with Crippen molar-refractivity contribution in [3.8, 4) is 0 Å². The van der Waals surface area contributed by atoms with Crippen LogP contribution in [0.4, 0.5) is 0 Å². The Kier molecular flexibility index (Phi) is 9.17. The molecule has 0 saturated heterocycles. The molecule has 4 aliphatic carbocycles. The molecule has 0 amide bonds. The highest BCUT2D eigenvalue weighted by Gasteiger charge is 2.59. The quantitative estimate of drug-likeness (QED) is 0.206. The monoisotopic (exact) mass is 540 g/mol. The molecular weight excluding hydrogens is 489 g/mol. The van der Waals surface area contributed by atoms with Crippen LogP contribution in [0, 0.1) is 46.3 Å². The summed E-state index contributed by atoms with van der Waals surface area (Å²) in [6.45, 7) is 13.8. The van der Waals surface area contributed by atoms with Crippen LogP contribution in [0.3, 0.4) is 0 Å². The summed E-state index contributed by atoms with van der Waals surface area (Å²) < 4.78 is 11.8. The molecule has 0 spiro atoms. The van der Waals surface area contributed by atoms with E-state index in [1.807, 2.05) is 6.26 Å². The van der Waals surface area contributed by atoms with Crippen molar-refractivity contribution in [2.45, 2.75) is 111 Å². The number of hydrogen-bond donors (Lipinski definition) is 0. The summed E-state index contributed by atoms with van der Waals surface area (Å²) in [6.07, 6.45) is 19.9. The van der Waals surface area contributed by atoms with E-state index in [0.29, 0.717) is 30.1 Å². The van der Waals surface area contributed by atoms with Crippen molar-refractivity contribution in [3.05, 3.63) is 11.6 Å². The zero-order valence-corrected chi connectivity index (χ0v) is 25.8. The van der Waals surface area contributed by atoms with E-state index >= 15 is 0 Å². The molecule has 3 fully saturated rings. The fraction of sp³-hybridized carbons (Fsp3) is 0.933. The summed E-state index contributed by atoms with van der Waals surface area (Å²) in [5, 5.41) is 0. The zero-order chi connectivity index (χ0) is 25.4. The first kappa shape index (κ1) is 28.5. The van der Waals surface area contributed by atoms with Gasteiger partial charge in [0.05, 0.1) is 19.3 Å². The van der Waals surface area contributed by atoms with Gasteiger partial charge in [0.25, 0.3) is 0 Å². The zero-order valence-electron chi connectivity index (χ0n) is 23.4. The Labute approximate surface area is 226 Å². The molecule has 0 bridgehead atoms. The van der Waals surface area contributed by atoms with Gasteiger partial charge in [-0.25, -0.2) is 0 Å². The second-order valence-electron chi connectivity index (χ2n) is 13.6. The van der Waals surface area contributed by atoms with Crippen molar-refractivity contribution in [2.24, 2.45) is 46.3 Å². The lowest BCUT2D eigenvalue weighted by Crippen LogP contribution is -2.51. The van der Waals surface area contributed by atoms with Gasteiger partial charge in [0.15, 0.2) is 0 Å². The van der Waals surface area contributed by atoms with Crippen LogP contribution in [0.15, 0.2) is 11.6 Å². The number of hydrogen-bond acceptors (Lipinski definition) is 4. The van der Waals surface area contributed by atoms with E-state index in [-0.39, 0.29) is 0 Å². The second-order valence-corrected chi connectivity index (χ2v) is 19.6. The van der Waals surface area contributed by atoms with Gasteiger partial charge in [-0.05, 0) is 120 Å². The van der Waals surface area contributed by atoms with E-state index in [2.05, 4.69) is 40.7 Å². The molecule has 3 saturated carbocycles. The minimum atomic E-state index is -1.72. The molecule has 4 rings (SSSR count). The number of ether oxygens (including phenoxy) is 1. The van der Waals surface area contributed by atoms with Crippen molar-refractivity contribution in [2.75, 3.05) is 19.5 Å². The van der Waals surface area contributed by atoms with Crippen molar-refractivity contribution in [1.82, 2.24) is 0 Å². The van der Waals surface area contributed by atoms with Gasteiger partial charge in [-0.3, -0.25) is 0 Å². The van der Waals surface area contributed by atoms with Crippen molar-refractivity contribution >= 4 is 29.8 Å². The highest BCUT2D eigenvalue weighted by Crippen LogP contribution is 2.67. The molecule has 0 heterocycles. The van der Waals surface area contributed by atoms with Crippen LogP contribution < -0.4 is 0 Å². The molecule has 202 valence electrons. The third kappa shape index (κ3) is 6.21. The minimum Gasteiger partial charge on any atom is -0.375 e. The maximum absolute atomic E-state index is 6.24. The smallest absolute Gasteiger partial charge is 0.0854 e. The number of allylic oxidation sites excluding steroid dienone is 1. The predicted molar refractivity (Wildman–Crippen MR) is 157 cm³/mol. The highest BCUT2D eigenvalue weighted by atomic mass is 33.1. The number of rotatable bonds is 10. The topological polar surface area (TPSA) is 18.5 Å². The summed E-state index contributed by atoms with van der Waals surface area (Å²) >= 11 is 10.4. The molecule has 35 heavy (non-hydrogen) atoms. The molecule has 2 nitrogen and oxygen atoms in total. The average Bonchev–Trinajstić information content (AvgIpc) is 3.13. The lowest BCUT2D eigenvalue weighted by atomic mass is 9.47. The molecule has 4 aliphatic rings. The average molecular weight is 541 g/mol. The van der Waals surface area contributed by atoms with E-state index in [1.165, 1.54) is 64.2 Å². The second kappa shape index (κ2) is 11.3. The van der Waals surface area contributed by atoms with Crippen molar-refractivity contribution in [3.63, 3.8) is 0 Å². The molecular formula is C30H52O2S3. The molecule has 0 aliphatic heterocycles. The van der Waals surface area contributed by atoms with Gasteiger partial charge in [0, 0.05) is 13.7 Å². The molecule has 0 N–H and O–H groups in total. The summed E-state index contributed by atoms with van der Waals surface area (Å²) in [6, 6.07) is 0.